The SMILES string of the molecule is CSc1ncccc1C(=O)NCC(O)C(C)C. The van der Waals surface area contributed by atoms with Crippen LogP contribution in [0, 0.1) is 5.92 Å². The van der Waals surface area contributed by atoms with Gasteiger partial charge in [0.2, 0.25) is 0 Å². The molecular formula is C12H18N2O2S. The van der Waals surface area contributed by atoms with Gasteiger partial charge in [-0.1, -0.05) is 13.8 Å². The van der Waals surface area contributed by atoms with Crippen molar-refractivity contribution < 1.29 is 9.90 Å². The number of aliphatic hydroxyl groups excluding tert-OH is 1. The van der Waals surface area contributed by atoms with Crippen molar-refractivity contribution in [3.8, 4) is 0 Å². The number of aliphatic hydroxyl groups is 1. The van der Waals surface area contributed by atoms with Gasteiger partial charge in [-0.2, -0.15) is 0 Å². The molecule has 0 aromatic carbocycles. The standard InChI is InChI=1S/C12H18N2O2S/c1-8(2)10(15)7-14-11(16)9-5-4-6-13-12(9)17-3/h4-6,8,10,15H,7H2,1-3H3,(H,14,16). The lowest BCUT2D eigenvalue weighted by atomic mass is 10.1. The molecule has 0 aliphatic carbocycles. The first-order valence-electron chi connectivity index (χ1n) is 5.51. The van der Waals surface area contributed by atoms with Gasteiger partial charge in [0.15, 0.2) is 0 Å². The van der Waals surface area contributed by atoms with Gasteiger partial charge in [-0.05, 0) is 24.3 Å². The zero-order chi connectivity index (χ0) is 12.8. The summed E-state index contributed by atoms with van der Waals surface area (Å²) in [5.41, 5.74) is 0.552. The molecule has 2 N–H and O–H groups in total. The zero-order valence-electron chi connectivity index (χ0n) is 10.3. The minimum absolute atomic E-state index is 0.129. The van der Waals surface area contributed by atoms with Crippen LogP contribution >= 0.6 is 11.8 Å². The molecule has 1 aromatic heterocycles. The average molecular weight is 254 g/mol. The van der Waals surface area contributed by atoms with Crippen molar-refractivity contribution in [3.63, 3.8) is 0 Å². The van der Waals surface area contributed by atoms with Gasteiger partial charge < -0.3 is 10.4 Å². The Kier molecular flexibility index (Phi) is 5.44. The van der Waals surface area contributed by atoms with Gasteiger partial charge in [-0.15, -0.1) is 11.8 Å². The number of hydrogen-bond acceptors (Lipinski definition) is 4. The second kappa shape index (κ2) is 6.61. The first kappa shape index (κ1) is 14.0. The summed E-state index contributed by atoms with van der Waals surface area (Å²) in [6, 6.07) is 3.46. The molecule has 0 aliphatic rings. The Morgan fingerprint density at radius 1 is 1.59 bits per heavy atom. The second-order valence-electron chi connectivity index (χ2n) is 4.08. The van der Waals surface area contributed by atoms with E-state index in [0.29, 0.717) is 10.6 Å². The molecule has 0 saturated heterocycles. The Morgan fingerprint density at radius 3 is 2.88 bits per heavy atom. The maximum atomic E-state index is 11.9. The largest absolute Gasteiger partial charge is 0.391 e. The highest BCUT2D eigenvalue weighted by Gasteiger charge is 2.14. The number of rotatable bonds is 5. The van der Waals surface area contributed by atoms with Gasteiger partial charge in [0.05, 0.1) is 11.7 Å². The normalized spacial score (nSPS) is 12.5. The van der Waals surface area contributed by atoms with Crippen molar-refractivity contribution in [3.05, 3.63) is 23.9 Å². The predicted molar refractivity (Wildman–Crippen MR) is 69.2 cm³/mol. The van der Waals surface area contributed by atoms with Crippen LogP contribution in [0.25, 0.3) is 0 Å². The second-order valence-corrected chi connectivity index (χ2v) is 4.88. The lowest BCUT2D eigenvalue weighted by molar-refractivity contribution is 0.0868. The number of carbonyl (C=O) groups excluding carboxylic acids is 1. The Morgan fingerprint density at radius 2 is 2.29 bits per heavy atom. The molecule has 1 amide bonds. The molecule has 1 atom stereocenters. The van der Waals surface area contributed by atoms with Crippen molar-refractivity contribution in [1.29, 1.82) is 0 Å². The number of pyridine rings is 1. The molecule has 0 bridgehead atoms. The lowest BCUT2D eigenvalue weighted by Gasteiger charge is -2.15. The summed E-state index contributed by atoms with van der Waals surface area (Å²) in [7, 11) is 0. The molecule has 0 fully saturated rings. The molecular weight excluding hydrogens is 236 g/mol. The van der Waals surface area contributed by atoms with Gasteiger partial charge >= 0.3 is 0 Å². The molecule has 5 heteroatoms. The van der Waals surface area contributed by atoms with Gasteiger partial charge in [0.25, 0.3) is 5.91 Å². The first-order chi connectivity index (χ1) is 8.06. The number of nitrogens with one attached hydrogen (secondary N) is 1. The number of thioether (sulfide) groups is 1. The molecule has 4 nitrogen and oxygen atoms in total. The van der Waals surface area contributed by atoms with E-state index in [4.69, 9.17) is 0 Å². The molecule has 1 rings (SSSR count). The number of amides is 1. The van der Waals surface area contributed by atoms with E-state index in [2.05, 4.69) is 10.3 Å². The predicted octanol–water partition coefficient (Wildman–Crippen LogP) is 1.55. The van der Waals surface area contributed by atoms with E-state index in [-0.39, 0.29) is 18.4 Å². The van der Waals surface area contributed by atoms with Crippen LogP contribution in [-0.4, -0.2) is 34.9 Å². The summed E-state index contributed by atoms with van der Waals surface area (Å²) < 4.78 is 0. The molecule has 17 heavy (non-hydrogen) atoms. The molecule has 94 valence electrons. The fourth-order valence-electron chi connectivity index (χ4n) is 1.25. The topological polar surface area (TPSA) is 62.2 Å². The smallest absolute Gasteiger partial charge is 0.254 e. The van der Waals surface area contributed by atoms with E-state index < -0.39 is 6.10 Å². The maximum Gasteiger partial charge on any atom is 0.254 e. The first-order valence-corrected chi connectivity index (χ1v) is 6.74. The summed E-state index contributed by atoms with van der Waals surface area (Å²) in [5.74, 6) is -0.0635. The van der Waals surface area contributed by atoms with Crippen LogP contribution in [0.3, 0.4) is 0 Å². The van der Waals surface area contributed by atoms with Crippen LogP contribution in [0.5, 0.6) is 0 Å². The number of carbonyl (C=O) groups is 1. The van der Waals surface area contributed by atoms with Gasteiger partial charge in [0.1, 0.15) is 5.03 Å². The van der Waals surface area contributed by atoms with E-state index >= 15 is 0 Å². The summed E-state index contributed by atoms with van der Waals surface area (Å²) in [6.07, 6.45) is 3.02. The third-order valence-corrected chi connectivity index (χ3v) is 3.16. The Labute approximate surface area is 106 Å². The van der Waals surface area contributed by atoms with Crippen molar-refractivity contribution >= 4 is 17.7 Å². The van der Waals surface area contributed by atoms with Crippen LogP contribution in [0.1, 0.15) is 24.2 Å². The minimum atomic E-state index is -0.520. The van der Waals surface area contributed by atoms with Gasteiger partial charge in [-0.25, -0.2) is 4.98 Å². The monoisotopic (exact) mass is 254 g/mol. The average Bonchev–Trinajstić information content (AvgIpc) is 2.35. The van der Waals surface area contributed by atoms with Crippen LogP contribution in [0.4, 0.5) is 0 Å². The third-order valence-electron chi connectivity index (χ3n) is 2.45. The van der Waals surface area contributed by atoms with E-state index in [1.54, 1.807) is 18.3 Å². The highest BCUT2D eigenvalue weighted by molar-refractivity contribution is 7.98. The molecule has 0 spiro atoms. The number of nitrogens with zero attached hydrogens (tertiary/aromatic N) is 1. The number of aromatic nitrogens is 1. The highest BCUT2D eigenvalue weighted by Crippen LogP contribution is 2.16. The van der Waals surface area contributed by atoms with Crippen molar-refractivity contribution in [2.24, 2.45) is 5.92 Å². The van der Waals surface area contributed by atoms with Crippen LogP contribution in [0.15, 0.2) is 23.4 Å². The van der Waals surface area contributed by atoms with Crippen molar-refractivity contribution in [2.45, 2.75) is 25.0 Å². The molecule has 0 aliphatic heterocycles. The molecule has 0 saturated carbocycles. The van der Waals surface area contributed by atoms with E-state index in [0.717, 1.165) is 0 Å². The molecule has 1 unspecified atom stereocenters. The molecule has 1 heterocycles. The summed E-state index contributed by atoms with van der Waals surface area (Å²) in [4.78, 5) is 16.0. The van der Waals surface area contributed by atoms with E-state index in [9.17, 15) is 9.90 Å². The quantitative estimate of drug-likeness (QED) is 0.783. The Hall–Kier alpha value is -1.07. The fourth-order valence-corrected chi connectivity index (χ4v) is 1.80. The molecule has 0 radical (unpaired) electrons. The van der Waals surface area contributed by atoms with Gasteiger partial charge in [0, 0.05) is 12.7 Å². The van der Waals surface area contributed by atoms with E-state index in [1.165, 1.54) is 11.8 Å². The summed E-state index contributed by atoms with van der Waals surface area (Å²) >= 11 is 1.43. The lowest BCUT2D eigenvalue weighted by Crippen LogP contribution is -2.35. The van der Waals surface area contributed by atoms with Gasteiger partial charge in [-0.3, -0.25) is 4.79 Å². The summed E-state index contributed by atoms with van der Waals surface area (Å²) in [6.45, 7) is 4.08. The van der Waals surface area contributed by atoms with E-state index in [1.807, 2.05) is 20.1 Å². The van der Waals surface area contributed by atoms with Crippen LogP contribution in [-0.2, 0) is 0 Å². The van der Waals surface area contributed by atoms with Crippen molar-refractivity contribution in [1.82, 2.24) is 10.3 Å². The van der Waals surface area contributed by atoms with Crippen LogP contribution in [0.2, 0.25) is 0 Å². The number of hydrogen-bond donors (Lipinski definition) is 2. The summed E-state index contributed by atoms with van der Waals surface area (Å²) in [5, 5.41) is 13.0. The Bertz CT molecular complexity index is 383. The van der Waals surface area contributed by atoms with Crippen LogP contribution < -0.4 is 5.32 Å². The molecule has 1 aromatic rings. The zero-order valence-corrected chi connectivity index (χ0v) is 11.1. The maximum absolute atomic E-state index is 11.9. The fraction of sp³-hybridized carbons (Fsp3) is 0.500. The van der Waals surface area contributed by atoms with Crippen molar-refractivity contribution in [2.75, 3.05) is 12.8 Å². The minimum Gasteiger partial charge on any atom is -0.391 e. The highest BCUT2D eigenvalue weighted by atomic mass is 32.2. The Balaban J connectivity index is 2.64. The third kappa shape index (κ3) is 4.02.